The molecule has 5 rings (SSSR count). The lowest BCUT2D eigenvalue weighted by Gasteiger charge is -2.10. The first-order chi connectivity index (χ1) is 13.2. The second-order valence-electron chi connectivity index (χ2n) is 6.16. The second kappa shape index (κ2) is 5.57. The van der Waals surface area contributed by atoms with E-state index in [0.717, 1.165) is 28.0 Å². The summed E-state index contributed by atoms with van der Waals surface area (Å²) < 4.78 is 6.94. The Morgan fingerprint density at radius 2 is 1.89 bits per heavy atom. The molecule has 0 spiro atoms. The molecule has 0 aliphatic carbocycles. The summed E-state index contributed by atoms with van der Waals surface area (Å²) in [6.45, 7) is 0. The zero-order valence-electron chi connectivity index (χ0n) is 14.3. The fourth-order valence-electron chi connectivity index (χ4n) is 3.40. The number of aromatic hydroxyl groups is 2. The molecule has 0 saturated carbocycles. The van der Waals surface area contributed by atoms with Gasteiger partial charge in [0.05, 0.1) is 18.5 Å². The number of ether oxygens (including phenoxy) is 1. The highest BCUT2D eigenvalue weighted by molar-refractivity contribution is 6.21. The van der Waals surface area contributed by atoms with Crippen molar-refractivity contribution in [3.05, 3.63) is 66.1 Å². The standard InChI is InChI=1S/C20H14N4O3/c1-27-16-9-11(8-15(25)20(16)26)17-13-6-7-24-19(13)18(21-10-22-24)12-4-2-3-5-14(12)23-17/h2-10,25-26H,1H3. The smallest absolute Gasteiger partial charge is 0.200 e. The topological polar surface area (TPSA) is 92.2 Å². The van der Waals surface area contributed by atoms with Crippen LogP contribution in [-0.4, -0.2) is 37.6 Å². The number of rotatable bonds is 2. The Balaban J connectivity index is 1.88. The average molecular weight is 358 g/mol. The van der Waals surface area contributed by atoms with Gasteiger partial charge in [0, 0.05) is 22.9 Å². The Morgan fingerprint density at radius 1 is 1.04 bits per heavy atom. The third-order valence-corrected chi connectivity index (χ3v) is 4.65. The Morgan fingerprint density at radius 3 is 2.74 bits per heavy atom. The van der Waals surface area contributed by atoms with Crippen molar-refractivity contribution in [3.8, 4) is 28.5 Å². The number of nitrogens with zero attached hydrogens (tertiary/aromatic N) is 4. The number of phenolic OH excluding ortho intramolecular Hbond substituents is 2. The molecule has 0 saturated heterocycles. The van der Waals surface area contributed by atoms with E-state index in [1.165, 1.54) is 19.5 Å². The highest BCUT2D eigenvalue weighted by Gasteiger charge is 2.24. The number of fused-ring (bicyclic) bond motifs is 2. The number of aromatic nitrogens is 3. The van der Waals surface area contributed by atoms with Crippen LogP contribution in [0.4, 0.5) is 5.69 Å². The van der Waals surface area contributed by atoms with Gasteiger partial charge in [0.15, 0.2) is 11.5 Å². The van der Waals surface area contributed by atoms with Crippen LogP contribution < -0.4 is 4.74 Å². The summed E-state index contributed by atoms with van der Waals surface area (Å²) >= 11 is 0. The van der Waals surface area contributed by atoms with Crippen LogP contribution in [0.3, 0.4) is 0 Å². The lowest BCUT2D eigenvalue weighted by atomic mass is 10.0. The van der Waals surface area contributed by atoms with Crippen LogP contribution in [0.5, 0.6) is 17.2 Å². The lowest BCUT2D eigenvalue weighted by Crippen LogP contribution is -2.04. The maximum Gasteiger partial charge on any atom is 0.200 e. The molecule has 4 aromatic rings. The summed E-state index contributed by atoms with van der Waals surface area (Å²) in [6, 6.07) is 12.8. The molecule has 7 nitrogen and oxygen atoms in total. The predicted octanol–water partition coefficient (Wildman–Crippen LogP) is 3.30. The molecule has 2 aromatic heterocycles. The van der Waals surface area contributed by atoms with Gasteiger partial charge in [-0.15, -0.1) is 0 Å². The van der Waals surface area contributed by atoms with Crippen molar-refractivity contribution in [2.45, 2.75) is 0 Å². The Hall–Kier alpha value is -3.87. The highest BCUT2D eigenvalue weighted by Crippen LogP contribution is 2.41. The van der Waals surface area contributed by atoms with E-state index >= 15 is 0 Å². The zero-order chi connectivity index (χ0) is 18.5. The molecule has 132 valence electrons. The van der Waals surface area contributed by atoms with Gasteiger partial charge in [-0.2, -0.15) is 5.10 Å². The summed E-state index contributed by atoms with van der Waals surface area (Å²) in [5.41, 5.74) is 5.34. The van der Waals surface area contributed by atoms with E-state index in [2.05, 4.69) is 10.1 Å². The number of hydrogen-bond acceptors (Lipinski definition) is 6. The number of methoxy groups -OCH3 is 1. The van der Waals surface area contributed by atoms with E-state index in [4.69, 9.17) is 9.73 Å². The minimum atomic E-state index is -0.304. The molecule has 3 heterocycles. The SMILES string of the molecule is COc1cc(C2=Nc3ccccc3-c3ncnn4ccc2c34)cc(O)c1O. The normalized spacial score (nSPS) is 12.4. The van der Waals surface area contributed by atoms with Gasteiger partial charge in [-0.25, -0.2) is 14.5 Å². The molecule has 0 bridgehead atoms. The van der Waals surface area contributed by atoms with E-state index in [9.17, 15) is 10.2 Å². The fraction of sp³-hybridized carbons (Fsp3) is 0.0500. The van der Waals surface area contributed by atoms with Gasteiger partial charge in [-0.05, 0) is 24.3 Å². The molecule has 7 heteroatoms. The van der Waals surface area contributed by atoms with E-state index in [1.54, 1.807) is 10.6 Å². The number of benzene rings is 2. The highest BCUT2D eigenvalue weighted by atomic mass is 16.5. The van der Waals surface area contributed by atoms with Crippen molar-refractivity contribution in [3.63, 3.8) is 0 Å². The minimum absolute atomic E-state index is 0.172. The van der Waals surface area contributed by atoms with E-state index in [-0.39, 0.29) is 17.2 Å². The molecule has 2 N–H and O–H groups in total. The van der Waals surface area contributed by atoms with E-state index in [0.29, 0.717) is 11.3 Å². The third-order valence-electron chi connectivity index (χ3n) is 4.65. The van der Waals surface area contributed by atoms with Crippen molar-refractivity contribution < 1.29 is 14.9 Å². The summed E-state index contributed by atoms with van der Waals surface area (Å²) in [6.07, 6.45) is 3.36. The molecule has 27 heavy (non-hydrogen) atoms. The molecule has 1 aliphatic rings. The summed E-state index contributed by atoms with van der Waals surface area (Å²) in [4.78, 5) is 9.34. The summed E-state index contributed by atoms with van der Waals surface area (Å²) in [5.74, 6) is -0.406. The van der Waals surface area contributed by atoms with Gasteiger partial charge in [0.25, 0.3) is 0 Å². The molecule has 2 aromatic carbocycles. The van der Waals surface area contributed by atoms with E-state index < -0.39 is 0 Å². The molecule has 0 amide bonds. The summed E-state index contributed by atoms with van der Waals surface area (Å²) in [7, 11) is 1.43. The quantitative estimate of drug-likeness (QED) is 0.472. The van der Waals surface area contributed by atoms with Gasteiger partial charge in [0.2, 0.25) is 5.75 Å². The second-order valence-corrected chi connectivity index (χ2v) is 6.16. The van der Waals surface area contributed by atoms with Crippen LogP contribution in [0.15, 0.2) is 60.0 Å². The van der Waals surface area contributed by atoms with Crippen LogP contribution in [0.2, 0.25) is 0 Å². The third kappa shape index (κ3) is 2.18. The molecule has 0 unspecified atom stereocenters. The average Bonchev–Trinajstić information content (AvgIpc) is 3.06. The number of aliphatic imine (C=N–C) groups is 1. The molecular formula is C20H14N4O3. The first-order valence-electron chi connectivity index (χ1n) is 8.28. The minimum Gasteiger partial charge on any atom is -0.504 e. The first kappa shape index (κ1) is 15.4. The lowest BCUT2D eigenvalue weighted by molar-refractivity contribution is 0.351. The monoisotopic (exact) mass is 358 g/mol. The van der Waals surface area contributed by atoms with Crippen LogP contribution in [-0.2, 0) is 0 Å². The summed E-state index contributed by atoms with van der Waals surface area (Å²) in [5, 5.41) is 24.4. The zero-order valence-corrected chi connectivity index (χ0v) is 14.3. The van der Waals surface area contributed by atoms with Crippen molar-refractivity contribution >= 4 is 16.9 Å². The van der Waals surface area contributed by atoms with Crippen molar-refractivity contribution in [1.82, 2.24) is 14.6 Å². The van der Waals surface area contributed by atoms with Crippen LogP contribution >= 0.6 is 0 Å². The Kier molecular flexibility index (Phi) is 3.17. The Labute approximate surface area is 153 Å². The number of phenols is 2. The maximum atomic E-state index is 10.1. The van der Waals surface area contributed by atoms with Crippen molar-refractivity contribution in [2.24, 2.45) is 4.99 Å². The molecular weight excluding hydrogens is 344 g/mol. The number of hydrogen-bond donors (Lipinski definition) is 2. The fourth-order valence-corrected chi connectivity index (χ4v) is 3.40. The Bertz CT molecular complexity index is 1240. The molecule has 0 atom stereocenters. The van der Waals surface area contributed by atoms with E-state index in [1.807, 2.05) is 36.5 Å². The largest absolute Gasteiger partial charge is 0.504 e. The van der Waals surface area contributed by atoms with Crippen molar-refractivity contribution in [1.29, 1.82) is 0 Å². The van der Waals surface area contributed by atoms with Crippen LogP contribution in [0.1, 0.15) is 11.1 Å². The van der Waals surface area contributed by atoms with Gasteiger partial charge in [0.1, 0.15) is 17.5 Å². The predicted molar refractivity (Wildman–Crippen MR) is 100 cm³/mol. The maximum absolute atomic E-state index is 10.1. The van der Waals surface area contributed by atoms with Gasteiger partial charge < -0.3 is 14.9 Å². The first-order valence-corrected chi connectivity index (χ1v) is 8.28. The van der Waals surface area contributed by atoms with Gasteiger partial charge in [-0.1, -0.05) is 18.2 Å². The van der Waals surface area contributed by atoms with Gasteiger partial charge in [-0.3, -0.25) is 0 Å². The molecule has 0 radical (unpaired) electrons. The molecule has 0 fully saturated rings. The van der Waals surface area contributed by atoms with Gasteiger partial charge >= 0.3 is 0 Å². The molecule has 1 aliphatic heterocycles. The van der Waals surface area contributed by atoms with Crippen LogP contribution in [0.25, 0.3) is 16.8 Å². The van der Waals surface area contributed by atoms with Crippen LogP contribution in [0, 0.1) is 0 Å². The van der Waals surface area contributed by atoms with Crippen molar-refractivity contribution in [2.75, 3.05) is 7.11 Å². The number of para-hydroxylation sites is 1.